The number of allylic oxidation sites excluding steroid dienone is 2. The molecule has 0 fully saturated rings. The first kappa shape index (κ1) is 6.61. The number of nitrogens with zero attached hydrogens (tertiary/aromatic N) is 1. The largest absolute Gasteiger partial charge is 0.488 e. The molecule has 1 aliphatic heterocycles. The number of thiazole rings is 1. The molecule has 56 valence electrons. The molecule has 0 spiro atoms. The molecule has 11 heavy (non-hydrogen) atoms. The molecule has 0 saturated carbocycles. The van der Waals surface area contributed by atoms with Crippen LogP contribution >= 0.6 is 11.3 Å². The van der Waals surface area contributed by atoms with Crippen molar-refractivity contribution in [1.82, 2.24) is 4.98 Å². The van der Waals surface area contributed by atoms with E-state index in [0.717, 1.165) is 5.69 Å². The Hall–Kier alpha value is -1.09. The van der Waals surface area contributed by atoms with Gasteiger partial charge < -0.3 is 4.74 Å². The van der Waals surface area contributed by atoms with E-state index in [1.165, 1.54) is 0 Å². The van der Waals surface area contributed by atoms with E-state index in [1.807, 2.05) is 29.1 Å². The first-order valence-electron chi connectivity index (χ1n) is 3.34. The predicted octanol–water partition coefficient (Wildman–Crippen LogP) is 2.28. The average molecular weight is 165 g/mol. The maximum atomic E-state index is 5.30. The topological polar surface area (TPSA) is 22.1 Å². The van der Waals surface area contributed by atoms with Crippen molar-refractivity contribution in [3.05, 3.63) is 41.1 Å². The highest BCUT2D eigenvalue weighted by Crippen LogP contribution is 2.20. The van der Waals surface area contributed by atoms with E-state index >= 15 is 0 Å². The first-order valence-corrected chi connectivity index (χ1v) is 4.28. The fraction of sp³-hybridized carbons (Fsp3) is 0.125. The van der Waals surface area contributed by atoms with E-state index in [9.17, 15) is 0 Å². The highest BCUT2D eigenvalue weighted by Gasteiger charge is 2.10. The number of rotatable bonds is 1. The Kier molecular flexibility index (Phi) is 1.73. The highest BCUT2D eigenvalue weighted by molar-refractivity contribution is 7.07. The van der Waals surface area contributed by atoms with Gasteiger partial charge in [0, 0.05) is 5.38 Å². The number of ether oxygens (including phenoxy) is 1. The van der Waals surface area contributed by atoms with Crippen molar-refractivity contribution in [2.75, 3.05) is 0 Å². The summed E-state index contributed by atoms with van der Waals surface area (Å²) in [5.74, 6) is 0. The lowest BCUT2D eigenvalue weighted by Crippen LogP contribution is -1.98. The minimum Gasteiger partial charge on any atom is -0.488 e. The Morgan fingerprint density at radius 1 is 1.45 bits per heavy atom. The van der Waals surface area contributed by atoms with Crippen molar-refractivity contribution in [1.29, 1.82) is 0 Å². The van der Waals surface area contributed by atoms with Crippen molar-refractivity contribution >= 4 is 11.3 Å². The zero-order chi connectivity index (χ0) is 7.52. The molecule has 2 rings (SSSR count). The molecule has 2 heterocycles. The SMILES string of the molecule is C1=COC(c2cscn2)C=C1. The summed E-state index contributed by atoms with van der Waals surface area (Å²) >= 11 is 1.58. The third-order valence-corrected chi connectivity index (χ3v) is 2.05. The van der Waals surface area contributed by atoms with Crippen LogP contribution in [-0.2, 0) is 4.74 Å². The summed E-state index contributed by atoms with van der Waals surface area (Å²) < 4.78 is 5.30. The molecular formula is C8H7NOS. The van der Waals surface area contributed by atoms with E-state index in [1.54, 1.807) is 17.6 Å². The van der Waals surface area contributed by atoms with Crippen LogP contribution in [0.4, 0.5) is 0 Å². The Labute approximate surface area is 68.8 Å². The molecule has 2 nitrogen and oxygen atoms in total. The summed E-state index contributed by atoms with van der Waals surface area (Å²) in [6.45, 7) is 0. The maximum absolute atomic E-state index is 5.30. The van der Waals surface area contributed by atoms with Gasteiger partial charge >= 0.3 is 0 Å². The molecule has 0 radical (unpaired) electrons. The summed E-state index contributed by atoms with van der Waals surface area (Å²) in [6, 6.07) is 0. The van der Waals surface area contributed by atoms with Crippen LogP contribution in [-0.4, -0.2) is 4.98 Å². The molecule has 0 amide bonds. The molecule has 0 aromatic carbocycles. The van der Waals surface area contributed by atoms with Crippen molar-refractivity contribution in [3.63, 3.8) is 0 Å². The van der Waals surface area contributed by atoms with E-state index in [4.69, 9.17) is 4.74 Å². The maximum Gasteiger partial charge on any atom is 0.159 e. The molecule has 0 aliphatic carbocycles. The normalized spacial score (nSPS) is 21.6. The molecule has 1 aromatic rings. The van der Waals surface area contributed by atoms with Crippen LogP contribution in [0.5, 0.6) is 0 Å². The fourth-order valence-corrected chi connectivity index (χ4v) is 1.49. The molecule has 0 N–H and O–H groups in total. The number of hydrogen-bond acceptors (Lipinski definition) is 3. The summed E-state index contributed by atoms with van der Waals surface area (Å²) in [6.07, 6.45) is 7.52. The first-order chi connectivity index (χ1) is 5.47. The van der Waals surface area contributed by atoms with Crippen molar-refractivity contribution in [2.45, 2.75) is 6.10 Å². The molecular weight excluding hydrogens is 158 g/mol. The molecule has 0 saturated heterocycles. The third kappa shape index (κ3) is 1.33. The van der Waals surface area contributed by atoms with Gasteiger partial charge in [-0.1, -0.05) is 6.08 Å². The lowest BCUT2D eigenvalue weighted by atomic mass is 10.2. The van der Waals surface area contributed by atoms with Gasteiger partial charge in [-0.25, -0.2) is 4.98 Å². The second kappa shape index (κ2) is 2.88. The molecule has 1 aliphatic rings. The number of hydrogen-bond donors (Lipinski definition) is 0. The van der Waals surface area contributed by atoms with Gasteiger partial charge in [-0.05, 0) is 12.2 Å². The minimum atomic E-state index is 0.0197. The van der Waals surface area contributed by atoms with Crippen molar-refractivity contribution < 1.29 is 4.74 Å². The summed E-state index contributed by atoms with van der Waals surface area (Å²) in [5, 5.41) is 1.99. The van der Waals surface area contributed by atoms with Gasteiger partial charge in [0.1, 0.15) is 0 Å². The van der Waals surface area contributed by atoms with E-state index < -0.39 is 0 Å². The highest BCUT2D eigenvalue weighted by atomic mass is 32.1. The Bertz CT molecular complexity index is 276. The van der Waals surface area contributed by atoms with Crippen LogP contribution in [0.2, 0.25) is 0 Å². The molecule has 1 unspecified atom stereocenters. The second-order valence-corrected chi connectivity index (χ2v) is 2.90. The smallest absolute Gasteiger partial charge is 0.159 e. The van der Waals surface area contributed by atoms with Crippen LogP contribution < -0.4 is 0 Å². The zero-order valence-electron chi connectivity index (χ0n) is 5.81. The molecule has 3 heteroatoms. The van der Waals surface area contributed by atoms with Crippen molar-refractivity contribution in [3.8, 4) is 0 Å². The average Bonchev–Trinajstić information content (AvgIpc) is 2.58. The third-order valence-electron chi connectivity index (χ3n) is 1.44. The van der Waals surface area contributed by atoms with Crippen LogP contribution in [0, 0.1) is 0 Å². The van der Waals surface area contributed by atoms with Gasteiger partial charge in [0.25, 0.3) is 0 Å². The van der Waals surface area contributed by atoms with E-state index in [0.29, 0.717) is 0 Å². The molecule has 0 bridgehead atoms. The van der Waals surface area contributed by atoms with Gasteiger partial charge in [0.15, 0.2) is 6.10 Å². The Balaban J connectivity index is 2.19. The zero-order valence-corrected chi connectivity index (χ0v) is 6.62. The van der Waals surface area contributed by atoms with E-state index in [2.05, 4.69) is 4.98 Å². The summed E-state index contributed by atoms with van der Waals surface area (Å²) in [4.78, 5) is 4.15. The second-order valence-electron chi connectivity index (χ2n) is 2.18. The lowest BCUT2D eigenvalue weighted by molar-refractivity contribution is 0.183. The fourth-order valence-electron chi connectivity index (χ4n) is 0.916. The van der Waals surface area contributed by atoms with Gasteiger partial charge in [-0.3, -0.25) is 0 Å². The van der Waals surface area contributed by atoms with Crippen LogP contribution in [0.15, 0.2) is 35.4 Å². The monoisotopic (exact) mass is 165 g/mol. The van der Waals surface area contributed by atoms with Gasteiger partial charge in [-0.15, -0.1) is 11.3 Å². The summed E-state index contributed by atoms with van der Waals surface area (Å²) in [5.41, 5.74) is 2.79. The van der Waals surface area contributed by atoms with Gasteiger partial charge in [0.2, 0.25) is 0 Å². The van der Waals surface area contributed by atoms with Gasteiger partial charge in [0.05, 0.1) is 17.5 Å². The van der Waals surface area contributed by atoms with Crippen LogP contribution in [0.25, 0.3) is 0 Å². The van der Waals surface area contributed by atoms with Crippen LogP contribution in [0.3, 0.4) is 0 Å². The quantitative estimate of drug-likeness (QED) is 0.637. The Morgan fingerprint density at radius 3 is 3.09 bits per heavy atom. The summed E-state index contributed by atoms with van der Waals surface area (Å²) in [7, 11) is 0. The Morgan fingerprint density at radius 2 is 2.45 bits per heavy atom. The molecule has 1 atom stereocenters. The minimum absolute atomic E-state index is 0.0197. The van der Waals surface area contributed by atoms with Crippen LogP contribution in [0.1, 0.15) is 11.8 Å². The predicted molar refractivity (Wildman–Crippen MR) is 44.2 cm³/mol. The lowest BCUT2D eigenvalue weighted by Gasteiger charge is -2.11. The standard InChI is InChI=1S/C8H7NOS/c1-2-4-10-8(3-1)7-5-11-6-9-7/h1-6,8H. The van der Waals surface area contributed by atoms with Crippen molar-refractivity contribution in [2.24, 2.45) is 0 Å². The van der Waals surface area contributed by atoms with Gasteiger partial charge in [-0.2, -0.15) is 0 Å². The molecule has 1 aromatic heterocycles. The number of aromatic nitrogens is 1. The van der Waals surface area contributed by atoms with E-state index in [-0.39, 0.29) is 6.10 Å².